The molecule has 0 fully saturated rings. The van der Waals surface area contributed by atoms with Crippen LogP contribution in [0.25, 0.3) is 10.9 Å². The zero-order valence-corrected chi connectivity index (χ0v) is 20.6. The van der Waals surface area contributed by atoms with Crippen molar-refractivity contribution in [3.05, 3.63) is 94.7 Å². The number of para-hydroxylation sites is 3. The van der Waals surface area contributed by atoms with Gasteiger partial charge < -0.3 is 14.9 Å². The van der Waals surface area contributed by atoms with Crippen LogP contribution in [0.1, 0.15) is 47.2 Å². The van der Waals surface area contributed by atoms with Crippen LogP contribution < -0.4 is 16.2 Å². The van der Waals surface area contributed by atoms with E-state index in [1.54, 1.807) is 32.7 Å². The first-order chi connectivity index (χ1) is 17.3. The van der Waals surface area contributed by atoms with Gasteiger partial charge in [0.2, 0.25) is 0 Å². The molecule has 4 heteroatoms. The quantitative estimate of drug-likeness (QED) is 0.246. The van der Waals surface area contributed by atoms with Crippen LogP contribution in [-0.2, 0) is 38.6 Å². The van der Waals surface area contributed by atoms with Crippen molar-refractivity contribution >= 4 is 22.3 Å². The van der Waals surface area contributed by atoms with Crippen molar-refractivity contribution in [2.75, 3.05) is 23.4 Å². The Balaban J connectivity index is 0.000000104. The predicted octanol–water partition coefficient (Wildman–Crippen LogP) is 6.04. The second-order valence-electron chi connectivity index (χ2n) is 10.1. The average Bonchev–Trinajstić information content (AvgIpc) is 3.66. The van der Waals surface area contributed by atoms with Crippen LogP contribution in [0, 0.1) is 0 Å². The maximum absolute atomic E-state index is 5.68. The van der Waals surface area contributed by atoms with Gasteiger partial charge in [0.05, 0.1) is 11.2 Å². The van der Waals surface area contributed by atoms with Crippen molar-refractivity contribution in [1.82, 2.24) is 4.57 Å². The number of rotatable bonds is 0. The number of aromatic nitrogens is 1. The zero-order chi connectivity index (χ0) is 23.6. The van der Waals surface area contributed by atoms with E-state index in [2.05, 4.69) is 70.5 Å². The molecule has 0 amide bonds. The Bertz CT molecular complexity index is 1310. The summed E-state index contributed by atoms with van der Waals surface area (Å²) in [4.78, 5) is 0. The molecule has 3 aliphatic heterocycles. The van der Waals surface area contributed by atoms with Crippen molar-refractivity contribution < 1.29 is 0 Å². The Hall–Kier alpha value is -3.24. The van der Waals surface area contributed by atoms with Gasteiger partial charge >= 0.3 is 0 Å². The average molecular weight is 465 g/mol. The number of nitrogens with one attached hydrogen (secondary N) is 1. The molecule has 4 aliphatic rings. The molecule has 0 bridgehead atoms. The summed E-state index contributed by atoms with van der Waals surface area (Å²) in [5.74, 6) is 5.68. The Labute approximate surface area is 208 Å². The predicted molar refractivity (Wildman–Crippen MR) is 147 cm³/mol. The van der Waals surface area contributed by atoms with Gasteiger partial charge in [0.25, 0.3) is 0 Å². The van der Waals surface area contributed by atoms with E-state index in [1.165, 1.54) is 74.0 Å². The number of nitrogens with two attached hydrogens (primary N) is 1. The van der Waals surface area contributed by atoms with Crippen molar-refractivity contribution in [3.63, 3.8) is 0 Å². The molecular weight excluding hydrogens is 428 g/mol. The number of nitrogens with zero attached hydrogens (tertiary/aromatic N) is 2. The second-order valence-corrected chi connectivity index (χ2v) is 10.1. The Morgan fingerprint density at radius 3 is 2.31 bits per heavy atom. The third-order valence-electron chi connectivity index (χ3n) is 7.98. The number of anilines is 2. The highest BCUT2D eigenvalue weighted by Gasteiger charge is 2.23. The van der Waals surface area contributed by atoms with Crippen LogP contribution in [0.3, 0.4) is 0 Å². The highest BCUT2D eigenvalue weighted by atomic mass is 15.4. The summed E-state index contributed by atoms with van der Waals surface area (Å²) in [6.07, 6.45) is 10.3. The largest absolute Gasteiger partial charge is 0.384 e. The molecule has 0 radical (unpaired) electrons. The van der Waals surface area contributed by atoms with Gasteiger partial charge in [-0.25, -0.2) is 5.84 Å². The lowest BCUT2D eigenvalue weighted by Crippen LogP contribution is -2.27. The van der Waals surface area contributed by atoms with E-state index in [0.29, 0.717) is 0 Å². The van der Waals surface area contributed by atoms with Crippen LogP contribution in [0.2, 0.25) is 0 Å². The third kappa shape index (κ3) is 4.32. The fourth-order valence-corrected chi connectivity index (χ4v) is 6.23. The lowest BCUT2D eigenvalue weighted by molar-refractivity contribution is 0.676. The second kappa shape index (κ2) is 9.79. The summed E-state index contributed by atoms with van der Waals surface area (Å²) in [5.41, 5.74) is 11.8. The van der Waals surface area contributed by atoms with Gasteiger partial charge in [-0.15, -0.1) is 0 Å². The number of hydrogen-bond donors (Lipinski definition) is 2. The highest BCUT2D eigenvalue weighted by Crippen LogP contribution is 2.36. The molecule has 4 nitrogen and oxygen atoms in total. The van der Waals surface area contributed by atoms with Crippen molar-refractivity contribution in [2.24, 2.45) is 5.84 Å². The summed E-state index contributed by atoms with van der Waals surface area (Å²) < 4.78 is 2.62. The molecular formula is C31H36N4. The lowest BCUT2D eigenvalue weighted by Gasteiger charge is -2.09. The minimum absolute atomic E-state index is 0.958. The minimum atomic E-state index is 0.958. The summed E-state index contributed by atoms with van der Waals surface area (Å²) in [6, 6.07) is 23.6. The maximum atomic E-state index is 5.68. The summed E-state index contributed by atoms with van der Waals surface area (Å²) in [6.45, 7) is 3.30. The summed E-state index contributed by atoms with van der Waals surface area (Å²) in [5, 5.41) is 6.66. The molecule has 0 atom stereocenters. The Morgan fingerprint density at radius 2 is 1.43 bits per heavy atom. The monoisotopic (exact) mass is 464 g/mol. The SMILES string of the molecule is NN1CCc2ccccc21.c1cc2c3c(c1)c1c(n3CC2)CCCCC1.c1ccc2c(c1)CCN2. The molecule has 4 heterocycles. The Kier molecular flexibility index (Phi) is 6.22. The first kappa shape index (κ1) is 22.2. The topological polar surface area (TPSA) is 46.2 Å². The first-order valence-corrected chi connectivity index (χ1v) is 13.3. The molecule has 35 heavy (non-hydrogen) atoms. The number of hydrogen-bond acceptors (Lipinski definition) is 3. The van der Waals surface area contributed by atoms with E-state index < -0.39 is 0 Å². The fraction of sp³-hybridized carbons (Fsp3) is 0.355. The maximum Gasteiger partial charge on any atom is 0.0549 e. The number of benzene rings is 3. The molecule has 4 aromatic rings. The number of aryl methyl sites for hydroxylation is 3. The van der Waals surface area contributed by atoms with E-state index in [9.17, 15) is 0 Å². The normalized spacial score (nSPS) is 16.8. The van der Waals surface area contributed by atoms with Gasteiger partial charge in [0.15, 0.2) is 0 Å². The molecule has 180 valence electrons. The van der Waals surface area contributed by atoms with Gasteiger partial charge in [0, 0.05) is 36.4 Å². The van der Waals surface area contributed by atoms with Crippen LogP contribution in [-0.4, -0.2) is 17.7 Å². The zero-order valence-electron chi connectivity index (χ0n) is 20.6. The van der Waals surface area contributed by atoms with Crippen LogP contribution in [0.4, 0.5) is 11.4 Å². The lowest BCUT2D eigenvalue weighted by atomic mass is 10.0. The molecule has 1 aromatic heterocycles. The van der Waals surface area contributed by atoms with E-state index in [-0.39, 0.29) is 0 Å². The summed E-state index contributed by atoms with van der Waals surface area (Å²) in [7, 11) is 0. The van der Waals surface area contributed by atoms with E-state index >= 15 is 0 Å². The molecule has 3 aromatic carbocycles. The van der Waals surface area contributed by atoms with Crippen LogP contribution in [0.5, 0.6) is 0 Å². The van der Waals surface area contributed by atoms with Crippen molar-refractivity contribution in [2.45, 2.75) is 57.9 Å². The van der Waals surface area contributed by atoms with Gasteiger partial charge in [-0.1, -0.05) is 61.0 Å². The number of fused-ring (bicyclic) bond motifs is 5. The molecule has 0 unspecified atom stereocenters. The van der Waals surface area contributed by atoms with Gasteiger partial charge in [-0.05, 0) is 79.3 Å². The Morgan fingerprint density at radius 1 is 0.657 bits per heavy atom. The summed E-state index contributed by atoms with van der Waals surface area (Å²) >= 11 is 0. The van der Waals surface area contributed by atoms with Crippen molar-refractivity contribution in [1.29, 1.82) is 0 Å². The fourth-order valence-electron chi connectivity index (χ4n) is 6.23. The van der Waals surface area contributed by atoms with Crippen LogP contribution >= 0.6 is 0 Å². The smallest absolute Gasteiger partial charge is 0.0549 e. The van der Waals surface area contributed by atoms with Gasteiger partial charge in [-0.3, -0.25) is 0 Å². The molecule has 1 aliphatic carbocycles. The van der Waals surface area contributed by atoms with Crippen molar-refractivity contribution in [3.8, 4) is 0 Å². The molecule has 3 N–H and O–H groups in total. The van der Waals surface area contributed by atoms with Gasteiger partial charge in [0.1, 0.15) is 0 Å². The molecule has 0 spiro atoms. The third-order valence-corrected chi connectivity index (χ3v) is 7.98. The van der Waals surface area contributed by atoms with E-state index in [4.69, 9.17) is 5.84 Å². The first-order valence-electron chi connectivity index (χ1n) is 13.3. The highest BCUT2D eigenvalue weighted by molar-refractivity contribution is 5.89. The number of hydrazine groups is 1. The standard InChI is InChI=1S/C15H17N.C8H10N2.C8H9N/c1-2-6-12-13-7-4-5-11-9-10-16(15(11)13)14(12)8-3-1;9-10-6-5-7-3-1-2-4-8(7)10;1-2-4-8-7(3-1)5-6-9-8/h4-5,7H,1-3,6,8-10H2;1-4H,5-6,9H2;1-4,9H,5-6H2. The molecule has 8 rings (SSSR count). The van der Waals surface area contributed by atoms with Gasteiger partial charge in [-0.2, -0.15) is 0 Å². The van der Waals surface area contributed by atoms with E-state index in [0.717, 1.165) is 19.5 Å². The molecule has 0 saturated carbocycles. The minimum Gasteiger partial charge on any atom is -0.384 e. The molecule has 0 saturated heterocycles. The van der Waals surface area contributed by atoms with Crippen LogP contribution in [0.15, 0.2) is 66.7 Å². The van der Waals surface area contributed by atoms with E-state index in [1.807, 2.05) is 6.07 Å².